The van der Waals surface area contributed by atoms with Crippen molar-refractivity contribution in [3.63, 3.8) is 0 Å². The molecule has 0 heterocycles. The van der Waals surface area contributed by atoms with E-state index in [1.165, 1.54) is 0 Å². The quantitative estimate of drug-likeness (QED) is 0.647. The van der Waals surface area contributed by atoms with Gasteiger partial charge in [0.25, 0.3) is 5.91 Å². The van der Waals surface area contributed by atoms with Crippen LogP contribution >= 0.6 is 0 Å². The Morgan fingerprint density at radius 3 is 2.40 bits per heavy atom. The summed E-state index contributed by atoms with van der Waals surface area (Å²) >= 11 is 0. The molecular formula is C10H11NO4. The van der Waals surface area contributed by atoms with Crippen molar-refractivity contribution in [3.8, 4) is 0 Å². The van der Waals surface area contributed by atoms with Gasteiger partial charge in [-0.1, -0.05) is 30.3 Å². The maximum Gasteiger partial charge on any atom is 0.322 e. The topological polar surface area (TPSA) is 86.6 Å². The standard InChI is InChI=1S/C10H11NO4/c12-8(13)6-11-10(15)9(14)7-4-2-1-3-5-7/h1-5,9,14H,6H2,(H,11,15)(H,12,13). The Bertz CT molecular complexity index is 350. The number of carboxylic acids is 1. The molecule has 0 aliphatic rings. The van der Waals surface area contributed by atoms with Crippen LogP contribution in [0.15, 0.2) is 30.3 Å². The number of nitrogens with one attached hydrogen (secondary N) is 1. The predicted octanol–water partition coefficient (Wildman–Crippen LogP) is -0.0792. The van der Waals surface area contributed by atoms with E-state index in [4.69, 9.17) is 5.11 Å². The Balaban J connectivity index is 2.57. The number of aliphatic hydroxyl groups is 1. The third-order valence-corrected chi connectivity index (χ3v) is 1.78. The van der Waals surface area contributed by atoms with Gasteiger partial charge in [-0.2, -0.15) is 0 Å². The van der Waals surface area contributed by atoms with E-state index in [0.29, 0.717) is 5.56 Å². The molecule has 1 rings (SSSR count). The molecular weight excluding hydrogens is 198 g/mol. The second-order valence-electron chi connectivity index (χ2n) is 2.92. The first-order valence-electron chi connectivity index (χ1n) is 4.34. The summed E-state index contributed by atoms with van der Waals surface area (Å²) in [5, 5.41) is 19.9. The van der Waals surface area contributed by atoms with Crippen molar-refractivity contribution in [3.05, 3.63) is 35.9 Å². The van der Waals surface area contributed by atoms with Crippen molar-refractivity contribution in [2.45, 2.75) is 6.10 Å². The number of hydrogen-bond donors (Lipinski definition) is 3. The van der Waals surface area contributed by atoms with E-state index in [1.807, 2.05) is 0 Å². The summed E-state index contributed by atoms with van der Waals surface area (Å²) in [5.41, 5.74) is 0.431. The highest BCUT2D eigenvalue weighted by molar-refractivity contribution is 5.85. The molecule has 0 aromatic heterocycles. The van der Waals surface area contributed by atoms with Crippen molar-refractivity contribution in [1.29, 1.82) is 0 Å². The molecule has 5 nitrogen and oxygen atoms in total. The Labute approximate surface area is 86.4 Å². The Morgan fingerprint density at radius 1 is 1.27 bits per heavy atom. The molecule has 5 heteroatoms. The molecule has 1 unspecified atom stereocenters. The van der Waals surface area contributed by atoms with Gasteiger partial charge in [0.05, 0.1) is 0 Å². The van der Waals surface area contributed by atoms with Crippen LogP contribution in [0.4, 0.5) is 0 Å². The SMILES string of the molecule is O=C(O)CNC(=O)C(O)c1ccccc1. The molecule has 1 amide bonds. The molecule has 0 aliphatic heterocycles. The molecule has 0 spiro atoms. The molecule has 0 aliphatic carbocycles. The fourth-order valence-electron chi connectivity index (χ4n) is 1.05. The molecule has 15 heavy (non-hydrogen) atoms. The van der Waals surface area contributed by atoms with Crippen LogP contribution in [0.5, 0.6) is 0 Å². The highest BCUT2D eigenvalue weighted by Crippen LogP contribution is 2.11. The average molecular weight is 209 g/mol. The largest absolute Gasteiger partial charge is 0.480 e. The van der Waals surface area contributed by atoms with E-state index in [9.17, 15) is 14.7 Å². The van der Waals surface area contributed by atoms with Gasteiger partial charge in [-0.05, 0) is 5.56 Å². The van der Waals surface area contributed by atoms with E-state index >= 15 is 0 Å². The second kappa shape index (κ2) is 5.11. The van der Waals surface area contributed by atoms with Crippen LogP contribution < -0.4 is 5.32 Å². The molecule has 0 saturated heterocycles. The van der Waals surface area contributed by atoms with Gasteiger partial charge in [0.2, 0.25) is 0 Å². The summed E-state index contributed by atoms with van der Waals surface area (Å²) in [6, 6.07) is 8.30. The van der Waals surface area contributed by atoms with E-state index < -0.39 is 24.5 Å². The normalized spacial score (nSPS) is 11.8. The first-order valence-corrected chi connectivity index (χ1v) is 4.34. The summed E-state index contributed by atoms with van der Waals surface area (Å²) in [6.07, 6.45) is -1.33. The second-order valence-corrected chi connectivity index (χ2v) is 2.92. The van der Waals surface area contributed by atoms with Gasteiger partial charge in [0.1, 0.15) is 6.54 Å². The number of amides is 1. The van der Waals surface area contributed by atoms with E-state index in [0.717, 1.165) is 0 Å². The van der Waals surface area contributed by atoms with E-state index in [1.54, 1.807) is 30.3 Å². The maximum absolute atomic E-state index is 11.2. The monoisotopic (exact) mass is 209 g/mol. The zero-order valence-electron chi connectivity index (χ0n) is 7.88. The van der Waals surface area contributed by atoms with Gasteiger partial charge in [-0.3, -0.25) is 9.59 Å². The molecule has 80 valence electrons. The molecule has 1 atom stereocenters. The van der Waals surface area contributed by atoms with E-state index in [-0.39, 0.29) is 0 Å². The molecule has 0 bridgehead atoms. The summed E-state index contributed by atoms with van der Waals surface area (Å²) in [7, 11) is 0. The fourth-order valence-corrected chi connectivity index (χ4v) is 1.05. The number of carboxylic acid groups (broad SMARTS) is 1. The number of aliphatic carboxylic acids is 1. The lowest BCUT2D eigenvalue weighted by Gasteiger charge is -2.09. The minimum atomic E-state index is -1.33. The van der Waals surface area contributed by atoms with Crippen LogP contribution in [0.3, 0.4) is 0 Å². The van der Waals surface area contributed by atoms with Crippen LogP contribution in [-0.2, 0) is 9.59 Å². The Morgan fingerprint density at radius 2 is 1.87 bits per heavy atom. The maximum atomic E-state index is 11.2. The van der Waals surface area contributed by atoms with Gasteiger partial charge in [-0.15, -0.1) is 0 Å². The van der Waals surface area contributed by atoms with Gasteiger partial charge in [0, 0.05) is 0 Å². The number of carbonyl (C=O) groups excluding carboxylic acids is 1. The van der Waals surface area contributed by atoms with E-state index in [2.05, 4.69) is 5.32 Å². The van der Waals surface area contributed by atoms with Crippen molar-refractivity contribution in [2.24, 2.45) is 0 Å². The first kappa shape index (κ1) is 11.2. The summed E-state index contributed by atoms with van der Waals surface area (Å²) in [5.74, 6) is -1.87. The van der Waals surface area contributed by atoms with Crippen LogP contribution in [0, 0.1) is 0 Å². The van der Waals surface area contributed by atoms with Crippen molar-refractivity contribution in [2.75, 3.05) is 6.54 Å². The minimum Gasteiger partial charge on any atom is -0.480 e. The lowest BCUT2D eigenvalue weighted by Crippen LogP contribution is -2.33. The number of carbonyl (C=O) groups is 2. The Hall–Kier alpha value is -1.88. The highest BCUT2D eigenvalue weighted by atomic mass is 16.4. The third kappa shape index (κ3) is 3.40. The summed E-state index contributed by atoms with van der Waals surface area (Å²) in [6.45, 7) is -0.497. The molecule has 0 fully saturated rings. The molecule has 1 aromatic rings. The molecule has 3 N–H and O–H groups in total. The van der Waals surface area contributed by atoms with Gasteiger partial charge >= 0.3 is 5.97 Å². The minimum absolute atomic E-state index is 0.431. The summed E-state index contributed by atoms with van der Waals surface area (Å²) in [4.78, 5) is 21.4. The number of benzene rings is 1. The number of aliphatic hydroxyl groups excluding tert-OH is 1. The molecule has 0 saturated carbocycles. The highest BCUT2D eigenvalue weighted by Gasteiger charge is 2.16. The smallest absolute Gasteiger partial charge is 0.322 e. The first-order chi connectivity index (χ1) is 7.11. The lowest BCUT2D eigenvalue weighted by molar-refractivity contribution is -0.139. The van der Waals surface area contributed by atoms with Crippen LogP contribution in [0.25, 0.3) is 0 Å². The average Bonchev–Trinajstić information content (AvgIpc) is 2.26. The van der Waals surface area contributed by atoms with Crippen molar-refractivity contribution < 1.29 is 19.8 Å². The van der Waals surface area contributed by atoms with Gasteiger partial charge in [-0.25, -0.2) is 0 Å². The molecule has 1 aromatic carbocycles. The third-order valence-electron chi connectivity index (χ3n) is 1.78. The van der Waals surface area contributed by atoms with Crippen molar-refractivity contribution >= 4 is 11.9 Å². The van der Waals surface area contributed by atoms with Gasteiger partial charge < -0.3 is 15.5 Å². The zero-order chi connectivity index (χ0) is 11.3. The predicted molar refractivity (Wildman–Crippen MR) is 52.0 cm³/mol. The van der Waals surface area contributed by atoms with Gasteiger partial charge in [0.15, 0.2) is 6.10 Å². The fraction of sp³-hybridized carbons (Fsp3) is 0.200. The van der Waals surface area contributed by atoms with Crippen molar-refractivity contribution in [1.82, 2.24) is 5.32 Å². The lowest BCUT2D eigenvalue weighted by atomic mass is 10.1. The molecule has 0 radical (unpaired) electrons. The summed E-state index contributed by atoms with van der Waals surface area (Å²) < 4.78 is 0. The van der Waals surface area contributed by atoms with Crippen LogP contribution in [0.1, 0.15) is 11.7 Å². The zero-order valence-corrected chi connectivity index (χ0v) is 7.88. The van der Waals surface area contributed by atoms with Crippen LogP contribution in [-0.4, -0.2) is 28.6 Å². The van der Waals surface area contributed by atoms with Crippen LogP contribution in [0.2, 0.25) is 0 Å². The number of hydrogen-bond acceptors (Lipinski definition) is 3. The Kier molecular flexibility index (Phi) is 3.82. The number of rotatable bonds is 4.